The molecule has 1 aliphatic rings. The van der Waals surface area contributed by atoms with Gasteiger partial charge in [-0.3, -0.25) is 14.5 Å². The fourth-order valence-corrected chi connectivity index (χ4v) is 3.99. The molecule has 1 fully saturated rings. The lowest BCUT2D eigenvalue weighted by atomic mass is 9.87. The van der Waals surface area contributed by atoms with Gasteiger partial charge in [0.1, 0.15) is 0 Å². The van der Waals surface area contributed by atoms with Gasteiger partial charge in [-0.2, -0.15) is 18.3 Å². The van der Waals surface area contributed by atoms with E-state index in [1.54, 1.807) is 10.9 Å². The number of ether oxygens (including phenoxy) is 1. The summed E-state index contributed by atoms with van der Waals surface area (Å²) in [6, 6.07) is 2.97. The number of benzene rings is 1. The predicted molar refractivity (Wildman–Crippen MR) is 110 cm³/mol. The number of carbonyl (C=O) groups excluding carboxylic acids is 1. The quantitative estimate of drug-likeness (QED) is 0.436. The van der Waals surface area contributed by atoms with Crippen LogP contribution in [-0.4, -0.2) is 27.0 Å². The number of amides is 1. The SMILES string of the molecule is C[C@H]1CC[C@H](n2cc3cc(NC(=O)c4cncc(C(F)(F)F)c4)c(OC(F)(F)F)cc3n2)CC1. The molecule has 0 unspecified atom stereocenters. The second-order valence-corrected chi connectivity index (χ2v) is 8.39. The lowest BCUT2D eigenvalue weighted by Gasteiger charge is -2.26. The van der Waals surface area contributed by atoms with Crippen LogP contribution >= 0.6 is 0 Å². The smallest absolute Gasteiger partial charge is 0.403 e. The van der Waals surface area contributed by atoms with E-state index in [0.717, 1.165) is 37.9 Å². The van der Waals surface area contributed by atoms with E-state index in [1.165, 1.54) is 6.07 Å². The molecule has 12 heteroatoms. The summed E-state index contributed by atoms with van der Waals surface area (Å²) in [7, 11) is 0. The summed E-state index contributed by atoms with van der Waals surface area (Å²) in [5.41, 5.74) is -1.76. The Bertz CT molecular complexity index is 1200. The number of hydrogen-bond donors (Lipinski definition) is 1. The Kier molecular flexibility index (Phi) is 6.17. The van der Waals surface area contributed by atoms with Crippen LogP contribution in [0.25, 0.3) is 10.9 Å². The number of nitrogens with zero attached hydrogens (tertiary/aromatic N) is 3. The van der Waals surface area contributed by atoms with Crippen LogP contribution < -0.4 is 10.1 Å². The molecule has 3 aromatic rings. The Balaban J connectivity index is 1.67. The van der Waals surface area contributed by atoms with Crippen LogP contribution in [0.3, 0.4) is 0 Å². The standard InChI is InChI=1S/C22H20F6N4O2/c1-12-2-4-16(5-3-12)32-11-14-7-18(19(8-17(14)31-32)34-22(26,27)28)30-20(33)13-6-15(10-29-9-13)21(23,24)25/h6-12,16H,2-5H2,1H3,(H,30,33)/t12-,16-. The van der Waals surface area contributed by atoms with E-state index < -0.39 is 35.3 Å². The highest BCUT2D eigenvalue weighted by atomic mass is 19.4. The van der Waals surface area contributed by atoms with Gasteiger partial charge in [0, 0.05) is 30.0 Å². The van der Waals surface area contributed by atoms with Crippen LogP contribution in [0.1, 0.15) is 54.6 Å². The van der Waals surface area contributed by atoms with E-state index in [2.05, 4.69) is 27.1 Å². The summed E-state index contributed by atoms with van der Waals surface area (Å²) in [6.45, 7) is 2.16. The molecule has 0 aliphatic heterocycles. The number of aromatic nitrogens is 3. The van der Waals surface area contributed by atoms with Crippen molar-refractivity contribution in [3.63, 3.8) is 0 Å². The average Bonchev–Trinajstić information content (AvgIpc) is 3.15. The van der Waals surface area contributed by atoms with Crippen LogP contribution in [0.4, 0.5) is 32.0 Å². The Hall–Kier alpha value is -3.31. The Morgan fingerprint density at radius 3 is 2.41 bits per heavy atom. The van der Waals surface area contributed by atoms with Gasteiger partial charge in [0.15, 0.2) is 5.75 Å². The lowest BCUT2D eigenvalue weighted by molar-refractivity contribution is -0.274. The van der Waals surface area contributed by atoms with Crippen LogP contribution in [-0.2, 0) is 6.18 Å². The number of anilines is 1. The van der Waals surface area contributed by atoms with Gasteiger partial charge >= 0.3 is 12.5 Å². The molecule has 2 heterocycles. The molecule has 34 heavy (non-hydrogen) atoms. The highest BCUT2D eigenvalue weighted by molar-refractivity contribution is 6.06. The molecule has 4 rings (SSSR count). The summed E-state index contributed by atoms with van der Waals surface area (Å²) in [4.78, 5) is 16.0. The van der Waals surface area contributed by atoms with Crippen molar-refractivity contribution in [2.45, 2.75) is 51.2 Å². The molecule has 1 N–H and O–H groups in total. The maximum atomic E-state index is 13.0. The number of halogens is 6. The van der Waals surface area contributed by atoms with E-state index in [0.29, 0.717) is 23.6 Å². The highest BCUT2D eigenvalue weighted by Gasteiger charge is 2.34. The van der Waals surface area contributed by atoms with E-state index >= 15 is 0 Å². The third-order valence-corrected chi connectivity index (χ3v) is 5.78. The largest absolute Gasteiger partial charge is 0.573 e. The Morgan fingerprint density at radius 2 is 1.76 bits per heavy atom. The van der Waals surface area contributed by atoms with Crippen LogP contribution in [0.5, 0.6) is 5.75 Å². The number of nitrogens with one attached hydrogen (secondary N) is 1. The molecule has 1 aromatic carbocycles. The molecular formula is C22H20F6N4O2. The Labute approximate surface area is 189 Å². The molecule has 0 bridgehead atoms. The molecule has 0 spiro atoms. The maximum absolute atomic E-state index is 13.0. The van der Waals surface area contributed by atoms with Crippen molar-refractivity contribution in [1.29, 1.82) is 0 Å². The molecule has 1 saturated carbocycles. The van der Waals surface area contributed by atoms with E-state index in [4.69, 9.17) is 0 Å². The van der Waals surface area contributed by atoms with Gasteiger partial charge < -0.3 is 10.1 Å². The molecular weight excluding hydrogens is 466 g/mol. The van der Waals surface area contributed by atoms with Gasteiger partial charge in [-0.05, 0) is 43.7 Å². The zero-order chi connectivity index (χ0) is 24.7. The first-order valence-corrected chi connectivity index (χ1v) is 10.5. The summed E-state index contributed by atoms with van der Waals surface area (Å²) in [6.07, 6.45) is -2.91. The highest BCUT2D eigenvalue weighted by Crippen LogP contribution is 2.37. The zero-order valence-electron chi connectivity index (χ0n) is 17.9. The van der Waals surface area contributed by atoms with Gasteiger partial charge in [0.2, 0.25) is 0 Å². The number of rotatable bonds is 4. The van der Waals surface area contributed by atoms with Crippen molar-refractivity contribution in [2.75, 3.05) is 5.32 Å². The number of carbonyl (C=O) groups is 1. The number of hydrogen-bond acceptors (Lipinski definition) is 4. The number of fused-ring (bicyclic) bond motifs is 1. The van der Waals surface area contributed by atoms with Crippen molar-refractivity contribution in [3.8, 4) is 5.75 Å². The van der Waals surface area contributed by atoms with Crippen LogP contribution in [0.15, 0.2) is 36.8 Å². The Morgan fingerprint density at radius 1 is 1.06 bits per heavy atom. The van der Waals surface area contributed by atoms with Gasteiger partial charge in [0.05, 0.1) is 28.4 Å². The molecule has 1 aliphatic carbocycles. The van der Waals surface area contributed by atoms with Gasteiger partial charge in [-0.1, -0.05) is 6.92 Å². The number of alkyl halides is 6. The van der Waals surface area contributed by atoms with E-state index in [1.807, 2.05) is 0 Å². The fourth-order valence-electron chi connectivity index (χ4n) is 3.99. The molecule has 182 valence electrons. The summed E-state index contributed by atoms with van der Waals surface area (Å²) < 4.78 is 83.6. The van der Waals surface area contributed by atoms with E-state index in [9.17, 15) is 31.1 Å². The zero-order valence-corrected chi connectivity index (χ0v) is 17.9. The molecule has 0 saturated heterocycles. The topological polar surface area (TPSA) is 69.0 Å². The third kappa shape index (κ3) is 5.42. The first kappa shape index (κ1) is 23.8. The van der Waals surface area contributed by atoms with Crippen molar-refractivity contribution < 1.29 is 35.9 Å². The summed E-state index contributed by atoms with van der Waals surface area (Å²) in [5.74, 6) is -1.20. The summed E-state index contributed by atoms with van der Waals surface area (Å²) >= 11 is 0. The van der Waals surface area contributed by atoms with Crippen molar-refractivity contribution in [1.82, 2.24) is 14.8 Å². The minimum atomic E-state index is -5.06. The molecule has 0 radical (unpaired) electrons. The normalized spacial score (nSPS) is 19.3. The van der Waals surface area contributed by atoms with Gasteiger partial charge in [-0.25, -0.2) is 0 Å². The number of pyridine rings is 1. The minimum Gasteiger partial charge on any atom is -0.403 e. The van der Waals surface area contributed by atoms with Gasteiger partial charge in [0.25, 0.3) is 5.91 Å². The minimum absolute atomic E-state index is 0.102. The second-order valence-electron chi connectivity index (χ2n) is 8.39. The third-order valence-electron chi connectivity index (χ3n) is 5.78. The van der Waals surface area contributed by atoms with Crippen LogP contribution in [0.2, 0.25) is 0 Å². The molecule has 1 amide bonds. The fraction of sp³-hybridized carbons (Fsp3) is 0.409. The maximum Gasteiger partial charge on any atom is 0.573 e. The first-order valence-electron chi connectivity index (χ1n) is 10.5. The predicted octanol–water partition coefficient (Wildman–Crippen LogP) is 6.35. The van der Waals surface area contributed by atoms with E-state index in [-0.39, 0.29) is 17.2 Å². The second kappa shape index (κ2) is 8.80. The molecule has 6 nitrogen and oxygen atoms in total. The van der Waals surface area contributed by atoms with Crippen LogP contribution in [0, 0.1) is 5.92 Å². The molecule has 0 atom stereocenters. The first-order chi connectivity index (χ1) is 15.9. The molecule has 2 aromatic heterocycles. The monoisotopic (exact) mass is 486 g/mol. The van der Waals surface area contributed by atoms with Crippen molar-refractivity contribution in [3.05, 3.63) is 47.9 Å². The van der Waals surface area contributed by atoms with Crippen molar-refractivity contribution >= 4 is 22.5 Å². The lowest BCUT2D eigenvalue weighted by Crippen LogP contribution is -2.20. The summed E-state index contributed by atoms with van der Waals surface area (Å²) in [5, 5.41) is 7.05. The van der Waals surface area contributed by atoms with Crippen molar-refractivity contribution in [2.24, 2.45) is 5.92 Å². The average molecular weight is 486 g/mol. The van der Waals surface area contributed by atoms with Gasteiger partial charge in [-0.15, -0.1) is 13.2 Å².